The molecular formula is C10H9ClO3S2. The minimum atomic E-state index is -3.39. The quantitative estimate of drug-likeness (QED) is 0.810. The molecule has 0 radical (unpaired) electrons. The zero-order valence-electron chi connectivity index (χ0n) is 8.44. The van der Waals surface area contributed by atoms with Crippen molar-refractivity contribution in [2.75, 3.05) is 6.26 Å². The number of halogens is 1. The molecule has 0 amide bonds. The van der Waals surface area contributed by atoms with Crippen molar-refractivity contribution in [1.29, 1.82) is 0 Å². The fraction of sp³-hybridized carbons (Fsp3) is 0.200. The van der Waals surface area contributed by atoms with Crippen molar-refractivity contribution >= 4 is 43.1 Å². The van der Waals surface area contributed by atoms with Gasteiger partial charge in [0.15, 0.2) is 0 Å². The second kappa shape index (κ2) is 4.33. The molecule has 2 aromatic rings. The first-order chi connectivity index (χ1) is 7.44. The van der Waals surface area contributed by atoms with Gasteiger partial charge in [-0.25, -0.2) is 0 Å². The third-order valence-electron chi connectivity index (χ3n) is 1.99. The zero-order chi connectivity index (χ0) is 11.8. The molecule has 0 bridgehead atoms. The van der Waals surface area contributed by atoms with Gasteiger partial charge in [-0.3, -0.25) is 4.18 Å². The van der Waals surface area contributed by atoms with Gasteiger partial charge in [-0.15, -0.1) is 11.3 Å². The van der Waals surface area contributed by atoms with Gasteiger partial charge < -0.3 is 0 Å². The van der Waals surface area contributed by atoms with Gasteiger partial charge in [0.25, 0.3) is 10.1 Å². The van der Waals surface area contributed by atoms with E-state index in [9.17, 15) is 8.42 Å². The van der Waals surface area contributed by atoms with Crippen LogP contribution in [0.25, 0.3) is 10.1 Å². The summed E-state index contributed by atoms with van der Waals surface area (Å²) in [5.74, 6) is 0. The average Bonchev–Trinajstić information content (AvgIpc) is 2.52. The van der Waals surface area contributed by atoms with E-state index in [-0.39, 0.29) is 6.61 Å². The van der Waals surface area contributed by atoms with Crippen molar-refractivity contribution in [3.05, 3.63) is 34.2 Å². The molecule has 0 aliphatic heterocycles. The monoisotopic (exact) mass is 276 g/mol. The fourth-order valence-corrected chi connectivity index (χ4v) is 2.88. The molecule has 0 spiro atoms. The van der Waals surface area contributed by atoms with E-state index < -0.39 is 10.1 Å². The van der Waals surface area contributed by atoms with Crippen LogP contribution < -0.4 is 0 Å². The lowest BCUT2D eigenvalue weighted by Crippen LogP contribution is -2.02. The van der Waals surface area contributed by atoms with Crippen LogP contribution in [0.15, 0.2) is 24.3 Å². The third-order valence-corrected chi connectivity index (χ3v) is 3.77. The van der Waals surface area contributed by atoms with Gasteiger partial charge in [-0.2, -0.15) is 8.42 Å². The second-order valence-corrected chi connectivity index (χ2v) is 6.75. The highest BCUT2D eigenvalue weighted by molar-refractivity contribution is 7.85. The number of hydrogen-bond acceptors (Lipinski definition) is 4. The summed E-state index contributed by atoms with van der Waals surface area (Å²) in [6.45, 7) is 0.0598. The molecule has 6 heteroatoms. The van der Waals surface area contributed by atoms with Gasteiger partial charge in [0.05, 0.1) is 17.2 Å². The molecule has 0 N–H and O–H groups in total. The highest BCUT2D eigenvalue weighted by Gasteiger charge is 2.05. The second-order valence-electron chi connectivity index (χ2n) is 3.39. The van der Waals surface area contributed by atoms with Crippen LogP contribution in [0.1, 0.15) is 5.56 Å². The van der Waals surface area contributed by atoms with Crippen LogP contribution >= 0.6 is 22.9 Å². The molecule has 3 nitrogen and oxygen atoms in total. The fourth-order valence-electron chi connectivity index (χ4n) is 1.31. The van der Waals surface area contributed by atoms with Crippen molar-refractivity contribution in [3.63, 3.8) is 0 Å². The van der Waals surface area contributed by atoms with Crippen LogP contribution in [-0.4, -0.2) is 14.7 Å². The van der Waals surface area contributed by atoms with E-state index in [1.54, 1.807) is 0 Å². The van der Waals surface area contributed by atoms with Crippen molar-refractivity contribution in [2.24, 2.45) is 0 Å². The Morgan fingerprint density at radius 3 is 2.81 bits per heavy atom. The largest absolute Gasteiger partial charge is 0.265 e. The first-order valence-electron chi connectivity index (χ1n) is 4.46. The Morgan fingerprint density at radius 2 is 2.12 bits per heavy atom. The van der Waals surface area contributed by atoms with Crippen LogP contribution in [0.4, 0.5) is 0 Å². The summed E-state index contributed by atoms with van der Waals surface area (Å²) < 4.78 is 28.1. The summed E-state index contributed by atoms with van der Waals surface area (Å²) in [5.41, 5.74) is 0.816. The molecule has 0 atom stereocenters. The lowest BCUT2D eigenvalue weighted by atomic mass is 10.2. The molecule has 1 heterocycles. The molecule has 1 aromatic heterocycles. The van der Waals surface area contributed by atoms with E-state index in [0.29, 0.717) is 0 Å². The number of benzene rings is 1. The zero-order valence-corrected chi connectivity index (χ0v) is 10.8. The summed E-state index contributed by atoms with van der Waals surface area (Å²) in [4.78, 5) is 0. The Labute approximate surface area is 103 Å². The molecular weight excluding hydrogens is 268 g/mol. The predicted octanol–water partition coefficient (Wildman–Crippen LogP) is 3.03. The van der Waals surface area contributed by atoms with Gasteiger partial charge >= 0.3 is 0 Å². The molecule has 1 aromatic carbocycles. The maximum atomic E-state index is 10.8. The lowest BCUT2D eigenvalue weighted by molar-refractivity contribution is 0.312. The Balaban J connectivity index is 2.25. The van der Waals surface area contributed by atoms with E-state index in [1.807, 2.05) is 24.3 Å². The maximum Gasteiger partial charge on any atom is 0.264 e. The Morgan fingerprint density at radius 1 is 1.38 bits per heavy atom. The topological polar surface area (TPSA) is 43.4 Å². The lowest BCUT2D eigenvalue weighted by Gasteiger charge is -2.01. The summed E-state index contributed by atoms with van der Waals surface area (Å²) in [6, 6.07) is 7.50. The van der Waals surface area contributed by atoms with Gasteiger partial charge in [-0.05, 0) is 23.1 Å². The van der Waals surface area contributed by atoms with Crippen molar-refractivity contribution in [2.45, 2.75) is 6.61 Å². The Bertz CT molecular complexity index is 616. The molecule has 0 aliphatic carbocycles. The highest BCUT2D eigenvalue weighted by Crippen LogP contribution is 2.30. The van der Waals surface area contributed by atoms with Crippen LogP contribution in [0.3, 0.4) is 0 Å². The van der Waals surface area contributed by atoms with Crippen LogP contribution in [0, 0.1) is 0 Å². The first kappa shape index (κ1) is 11.9. The van der Waals surface area contributed by atoms with E-state index >= 15 is 0 Å². The molecule has 2 rings (SSSR count). The Kier molecular flexibility index (Phi) is 3.21. The molecule has 0 saturated heterocycles. The van der Waals surface area contributed by atoms with E-state index in [4.69, 9.17) is 15.8 Å². The normalized spacial score (nSPS) is 12.1. The van der Waals surface area contributed by atoms with Gasteiger partial charge in [-0.1, -0.05) is 23.7 Å². The molecule has 86 valence electrons. The van der Waals surface area contributed by atoms with Crippen molar-refractivity contribution < 1.29 is 12.6 Å². The predicted molar refractivity (Wildman–Crippen MR) is 66.5 cm³/mol. The van der Waals surface area contributed by atoms with Gasteiger partial charge in [0.1, 0.15) is 0 Å². The molecule has 0 fully saturated rings. The minimum Gasteiger partial charge on any atom is -0.265 e. The molecule has 0 unspecified atom stereocenters. The average molecular weight is 277 g/mol. The van der Waals surface area contributed by atoms with Crippen molar-refractivity contribution in [1.82, 2.24) is 0 Å². The maximum absolute atomic E-state index is 10.8. The number of thiophene rings is 1. The van der Waals surface area contributed by atoms with E-state index in [2.05, 4.69) is 0 Å². The number of hydrogen-bond donors (Lipinski definition) is 0. The van der Waals surface area contributed by atoms with Crippen LogP contribution in [0.2, 0.25) is 4.34 Å². The van der Waals surface area contributed by atoms with Crippen LogP contribution in [0.5, 0.6) is 0 Å². The third kappa shape index (κ3) is 2.95. The highest BCUT2D eigenvalue weighted by atomic mass is 35.5. The molecule has 0 aliphatic rings. The SMILES string of the molecule is CS(=O)(=O)OCc1ccc2cc(Cl)sc2c1. The van der Waals surface area contributed by atoms with E-state index in [1.165, 1.54) is 11.3 Å². The van der Waals surface area contributed by atoms with Crippen LogP contribution in [-0.2, 0) is 20.9 Å². The Hall–Kier alpha value is -0.620. The van der Waals surface area contributed by atoms with E-state index in [0.717, 1.165) is 26.2 Å². The standard InChI is InChI=1S/C10H9ClO3S2/c1-16(12,13)14-6-7-2-3-8-5-10(11)15-9(8)4-7/h2-5H,6H2,1H3. The summed E-state index contributed by atoms with van der Waals surface area (Å²) in [5, 5.41) is 1.05. The minimum absolute atomic E-state index is 0.0598. The smallest absolute Gasteiger partial charge is 0.264 e. The number of rotatable bonds is 3. The molecule has 0 saturated carbocycles. The summed E-state index contributed by atoms with van der Waals surface area (Å²) >= 11 is 7.34. The van der Waals surface area contributed by atoms with Gasteiger partial charge in [0, 0.05) is 4.70 Å². The summed E-state index contributed by atoms with van der Waals surface area (Å²) in [6.07, 6.45) is 1.04. The number of fused-ring (bicyclic) bond motifs is 1. The van der Waals surface area contributed by atoms with Gasteiger partial charge in [0.2, 0.25) is 0 Å². The van der Waals surface area contributed by atoms with Crippen molar-refractivity contribution in [3.8, 4) is 0 Å². The summed E-state index contributed by atoms with van der Waals surface area (Å²) in [7, 11) is -3.39. The molecule has 16 heavy (non-hydrogen) atoms. The first-order valence-corrected chi connectivity index (χ1v) is 7.47.